The lowest BCUT2D eigenvalue weighted by molar-refractivity contribution is 0.154. The highest BCUT2D eigenvalue weighted by Crippen LogP contribution is 2.17. The molecule has 1 rings (SSSR count). The monoisotopic (exact) mass is 344 g/mol. The number of nitrogens with one attached hydrogen (secondary N) is 1. The SMILES string of the molecule is NS(=O)(=O)CCOCCNS(=O)(=O)c1c(F)cccc1F. The summed E-state index contributed by atoms with van der Waals surface area (Å²) in [5.41, 5.74) is 0. The van der Waals surface area contributed by atoms with Gasteiger partial charge in [-0.3, -0.25) is 0 Å². The Balaban J connectivity index is 2.51. The average molecular weight is 344 g/mol. The van der Waals surface area contributed by atoms with Crippen molar-refractivity contribution in [1.82, 2.24) is 4.72 Å². The number of ether oxygens (including phenoxy) is 1. The molecule has 0 atom stereocenters. The zero-order chi connectivity index (χ0) is 16.1. The largest absolute Gasteiger partial charge is 0.379 e. The van der Waals surface area contributed by atoms with Gasteiger partial charge in [0.1, 0.15) is 11.6 Å². The quantitative estimate of drug-likeness (QED) is 0.620. The Morgan fingerprint density at radius 2 is 1.67 bits per heavy atom. The second-order valence-corrected chi connectivity index (χ2v) is 7.37. The highest BCUT2D eigenvalue weighted by molar-refractivity contribution is 7.89. The molecule has 0 spiro atoms. The molecule has 0 heterocycles. The zero-order valence-corrected chi connectivity index (χ0v) is 12.4. The van der Waals surface area contributed by atoms with Crippen molar-refractivity contribution in [3.63, 3.8) is 0 Å². The van der Waals surface area contributed by atoms with E-state index in [2.05, 4.69) is 0 Å². The summed E-state index contributed by atoms with van der Waals surface area (Å²) in [6, 6.07) is 2.68. The summed E-state index contributed by atoms with van der Waals surface area (Å²) >= 11 is 0. The van der Waals surface area contributed by atoms with Crippen molar-refractivity contribution in [2.24, 2.45) is 5.14 Å². The minimum atomic E-state index is -4.36. The maximum absolute atomic E-state index is 13.3. The fraction of sp³-hybridized carbons (Fsp3) is 0.400. The van der Waals surface area contributed by atoms with Crippen LogP contribution in [0.2, 0.25) is 0 Å². The molecule has 0 saturated heterocycles. The molecule has 21 heavy (non-hydrogen) atoms. The molecule has 0 amide bonds. The molecule has 0 bridgehead atoms. The first-order valence-electron chi connectivity index (χ1n) is 5.65. The number of sulfonamides is 2. The highest BCUT2D eigenvalue weighted by Gasteiger charge is 2.23. The van der Waals surface area contributed by atoms with E-state index in [-0.39, 0.29) is 19.8 Å². The van der Waals surface area contributed by atoms with E-state index < -0.39 is 42.3 Å². The van der Waals surface area contributed by atoms with Gasteiger partial charge in [0.15, 0.2) is 4.90 Å². The molecule has 0 aliphatic rings. The summed E-state index contributed by atoms with van der Waals surface area (Å²) in [6.07, 6.45) is 0. The smallest absolute Gasteiger partial charge is 0.246 e. The lowest BCUT2D eigenvalue weighted by Crippen LogP contribution is -2.29. The fourth-order valence-electron chi connectivity index (χ4n) is 1.34. The summed E-state index contributed by atoms with van der Waals surface area (Å²) in [4.78, 5) is -1.07. The molecule has 0 saturated carbocycles. The number of nitrogens with two attached hydrogens (primary N) is 1. The maximum Gasteiger partial charge on any atom is 0.246 e. The van der Waals surface area contributed by atoms with Gasteiger partial charge in [-0.25, -0.2) is 35.5 Å². The third kappa shape index (κ3) is 6.01. The van der Waals surface area contributed by atoms with Gasteiger partial charge in [-0.1, -0.05) is 6.07 Å². The molecule has 7 nitrogen and oxygen atoms in total. The topological polar surface area (TPSA) is 116 Å². The predicted octanol–water partition coefficient (Wildman–Crippen LogP) is -0.452. The van der Waals surface area contributed by atoms with Crippen molar-refractivity contribution in [3.05, 3.63) is 29.8 Å². The van der Waals surface area contributed by atoms with Crippen LogP contribution in [0.1, 0.15) is 0 Å². The van der Waals surface area contributed by atoms with Gasteiger partial charge in [-0.2, -0.15) is 0 Å². The number of halogens is 2. The predicted molar refractivity (Wildman–Crippen MR) is 70.3 cm³/mol. The zero-order valence-electron chi connectivity index (χ0n) is 10.8. The molecule has 11 heteroatoms. The van der Waals surface area contributed by atoms with Crippen LogP contribution < -0.4 is 9.86 Å². The van der Waals surface area contributed by atoms with E-state index in [9.17, 15) is 25.6 Å². The summed E-state index contributed by atoms with van der Waals surface area (Å²) in [5.74, 6) is -2.84. The highest BCUT2D eigenvalue weighted by atomic mass is 32.2. The molecular formula is C10H14F2N2O5S2. The summed E-state index contributed by atoms with van der Waals surface area (Å²) in [6.45, 7) is -0.666. The van der Waals surface area contributed by atoms with Crippen molar-refractivity contribution >= 4 is 20.0 Å². The van der Waals surface area contributed by atoms with Gasteiger partial charge in [0, 0.05) is 6.54 Å². The van der Waals surface area contributed by atoms with Crippen LogP contribution in [0, 0.1) is 11.6 Å². The number of rotatable bonds is 8. The minimum absolute atomic E-state index is 0.176. The van der Waals surface area contributed by atoms with Crippen LogP contribution in [-0.2, 0) is 24.8 Å². The Labute approximate surface area is 121 Å². The van der Waals surface area contributed by atoms with E-state index in [0.29, 0.717) is 0 Å². The lowest BCUT2D eigenvalue weighted by Gasteiger charge is -2.08. The Bertz CT molecular complexity index is 671. The maximum atomic E-state index is 13.3. The Kier molecular flexibility index (Phi) is 6.16. The van der Waals surface area contributed by atoms with Gasteiger partial charge in [-0.15, -0.1) is 0 Å². The summed E-state index contributed by atoms with van der Waals surface area (Å²) in [7, 11) is -8.02. The van der Waals surface area contributed by atoms with Crippen LogP contribution in [0.25, 0.3) is 0 Å². The van der Waals surface area contributed by atoms with Crippen LogP contribution in [0.4, 0.5) is 8.78 Å². The van der Waals surface area contributed by atoms with Gasteiger partial charge >= 0.3 is 0 Å². The molecule has 1 aromatic carbocycles. The first-order valence-corrected chi connectivity index (χ1v) is 8.85. The molecule has 0 aromatic heterocycles. The number of benzene rings is 1. The molecule has 0 aliphatic carbocycles. The van der Waals surface area contributed by atoms with Crippen LogP contribution in [0.15, 0.2) is 23.1 Å². The van der Waals surface area contributed by atoms with Gasteiger partial charge in [0.2, 0.25) is 20.0 Å². The van der Waals surface area contributed by atoms with E-state index in [0.717, 1.165) is 18.2 Å². The first-order chi connectivity index (χ1) is 9.63. The minimum Gasteiger partial charge on any atom is -0.379 e. The normalized spacial score (nSPS) is 12.5. The molecule has 120 valence electrons. The molecular weight excluding hydrogens is 330 g/mol. The third-order valence-electron chi connectivity index (χ3n) is 2.24. The van der Waals surface area contributed by atoms with E-state index in [1.807, 2.05) is 4.72 Å². The van der Waals surface area contributed by atoms with Crippen molar-refractivity contribution < 1.29 is 30.4 Å². The van der Waals surface area contributed by atoms with E-state index in [4.69, 9.17) is 9.88 Å². The molecule has 3 N–H and O–H groups in total. The standard InChI is InChI=1S/C10H14F2N2O5S2/c11-8-2-1-3-9(12)10(8)21(17,18)14-4-5-19-6-7-20(13,15)16/h1-3,14H,4-7H2,(H2,13,15,16). The van der Waals surface area contributed by atoms with Crippen LogP contribution >= 0.6 is 0 Å². The van der Waals surface area contributed by atoms with E-state index in [1.165, 1.54) is 0 Å². The average Bonchev–Trinajstić information content (AvgIpc) is 2.31. The third-order valence-corrected chi connectivity index (χ3v) is 4.49. The lowest BCUT2D eigenvalue weighted by atomic mass is 10.3. The Morgan fingerprint density at radius 3 is 2.19 bits per heavy atom. The molecule has 0 unspecified atom stereocenters. The van der Waals surface area contributed by atoms with Gasteiger partial charge < -0.3 is 4.74 Å². The Morgan fingerprint density at radius 1 is 1.10 bits per heavy atom. The van der Waals surface area contributed by atoms with Crippen LogP contribution in [-0.4, -0.2) is 42.3 Å². The van der Waals surface area contributed by atoms with Gasteiger partial charge in [-0.05, 0) is 12.1 Å². The van der Waals surface area contributed by atoms with Gasteiger partial charge in [0.25, 0.3) is 0 Å². The van der Waals surface area contributed by atoms with E-state index in [1.54, 1.807) is 0 Å². The van der Waals surface area contributed by atoms with E-state index >= 15 is 0 Å². The summed E-state index contributed by atoms with van der Waals surface area (Å²) in [5, 5.41) is 4.73. The van der Waals surface area contributed by atoms with Gasteiger partial charge in [0.05, 0.1) is 19.0 Å². The number of primary sulfonamides is 1. The second kappa shape index (κ2) is 7.22. The van der Waals surface area contributed by atoms with Crippen LogP contribution in [0.3, 0.4) is 0 Å². The molecule has 0 aliphatic heterocycles. The molecule has 0 radical (unpaired) electrons. The molecule has 1 aromatic rings. The second-order valence-electron chi connectivity index (χ2n) is 3.93. The van der Waals surface area contributed by atoms with Crippen molar-refractivity contribution in [3.8, 4) is 0 Å². The van der Waals surface area contributed by atoms with Crippen LogP contribution in [0.5, 0.6) is 0 Å². The fourth-order valence-corrected chi connectivity index (χ4v) is 2.83. The summed E-state index contributed by atoms with van der Waals surface area (Å²) < 4.78 is 78.0. The number of hydrogen-bond acceptors (Lipinski definition) is 5. The Hall–Kier alpha value is -1.14. The van der Waals surface area contributed by atoms with Crippen molar-refractivity contribution in [2.75, 3.05) is 25.5 Å². The first kappa shape index (κ1) is 17.9. The van der Waals surface area contributed by atoms with Crippen molar-refractivity contribution in [1.29, 1.82) is 0 Å². The number of hydrogen-bond donors (Lipinski definition) is 2. The van der Waals surface area contributed by atoms with Crippen molar-refractivity contribution in [2.45, 2.75) is 4.90 Å². The molecule has 0 fully saturated rings.